The number of aliphatic hydroxyl groups is 4. The molecule has 65 heavy (non-hydrogen) atoms. The highest BCUT2D eigenvalue weighted by Gasteiger charge is 2.80. The monoisotopic (exact) mass is 899 g/mol. The molecule has 4 N–H and O–H groups in total. The Morgan fingerprint density at radius 2 is 1.22 bits per heavy atom. The number of hydrogen-bond acceptors (Lipinski definition) is 11. The molecule has 5 heterocycles. The topological polar surface area (TPSA) is 161 Å². The normalized spacial score (nSPS) is 60.0. The maximum atomic E-state index is 14.8. The van der Waals surface area contributed by atoms with Gasteiger partial charge >= 0.3 is 0 Å². The molecule has 0 amide bonds. The van der Waals surface area contributed by atoms with Crippen LogP contribution < -0.4 is 0 Å². The molecule has 10 fully saturated rings. The summed E-state index contributed by atoms with van der Waals surface area (Å²) in [5, 5.41) is 49.3. The van der Waals surface area contributed by atoms with Crippen LogP contribution in [0.15, 0.2) is 0 Å². The molecule has 0 bridgehead atoms. The maximum Gasteiger partial charge on any atom is 0.172 e. The number of aliphatic hydroxyl groups excluding tert-OH is 1. The Hall–Kier alpha value is -1.57. The summed E-state index contributed by atoms with van der Waals surface area (Å²) in [6, 6.07) is 0. The van der Waals surface area contributed by atoms with Crippen LogP contribution in [0.1, 0.15) is 162 Å². The predicted molar refractivity (Wildman–Crippen MR) is 239 cm³/mol. The van der Waals surface area contributed by atoms with Gasteiger partial charge in [-0.2, -0.15) is 0 Å². The molecule has 6 saturated carbocycles. The van der Waals surface area contributed by atoms with Gasteiger partial charge in [0.1, 0.15) is 5.78 Å². The molecule has 11 nitrogen and oxygen atoms in total. The zero-order valence-electron chi connectivity index (χ0n) is 40.8. The van der Waals surface area contributed by atoms with Gasteiger partial charge in [0, 0.05) is 54.8 Å². The summed E-state index contributed by atoms with van der Waals surface area (Å²) in [4.78, 5) is 26.0. The first kappa shape index (κ1) is 43.5. The van der Waals surface area contributed by atoms with E-state index in [2.05, 4.69) is 48.5 Å². The molecule has 0 unspecified atom stereocenters. The SMILES string of the molecule is C[C@H]1[C@H]2[C@H](C[C@@]3(O)[C@@H]4CC[C@H]5Cc6nc7c(nc6C[C@]5(C)[C@H]4C[C@@H](O)[C@]23C)C[C@@H]2CC[C@@H]3[C@H](CC(=O)[C@]34C[C@@H]3O[C@@]5(CCC(C)(C)O5)[C@@H](C)[C@@H]3[C@]4(C)O)[C@@]2(C)C7)O[C@]12CC[C@](C)(O)CO2. The van der Waals surface area contributed by atoms with Gasteiger partial charge < -0.3 is 39.4 Å². The molecule has 0 radical (unpaired) electrons. The van der Waals surface area contributed by atoms with E-state index in [4.69, 9.17) is 28.9 Å². The van der Waals surface area contributed by atoms with Crippen LogP contribution in [0.4, 0.5) is 0 Å². The minimum Gasteiger partial charge on any atom is -0.392 e. The number of Topliss-reactive ketones (excluding diaryl/α,β-unsaturated/α-hetero) is 1. The molecule has 3 spiro atoms. The predicted octanol–water partition coefficient (Wildman–Crippen LogP) is 6.84. The summed E-state index contributed by atoms with van der Waals surface area (Å²) in [5.41, 5.74) is -0.598. The lowest BCUT2D eigenvalue weighted by Gasteiger charge is -2.64. The Morgan fingerprint density at radius 3 is 1.82 bits per heavy atom. The Labute approximate surface area is 386 Å². The third-order valence-electron chi connectivity index (χ3n) is 24.0. The number of ether oxygens (including phenoxy) is 4. The van der Waals surface area contributed by atoms with Crippen LogP contribution in [0.2, 0.25) is 0 Å². The van der Waals surface area contributed by atoms with Crippen molar-refractivity contribution in [2.75, 3.05) is 6.61 Å². The molecule has 1 aromatic heterocycles. The van der Waals surface area contributed by atoms with Gasteiger partial charge in [0.25, 0.3) is 0 Å². The van der Waals surface area contributed by atoms with Crippen LogP contribution >= 0.6 is 0 Å². The van der Waals surface area contributed by atoms with E-state index in [1.807, 2.05) is 13.8 Å². The first-order valence-electron chi connectivity index (χ1n) is 26.3. The molecule has 8 aliphatic carbocycles. The van der Waals surface area contributed by atoms with E-state index in [0.717, 1.165) is 87.0 Å². The average molecular weight is 899 g/mol. The number of fused-ring (bicyclic) bond motifs is 14. The maximum absolute atomic E-state index is 14.8. The summed E-state index contributed by atoms with van der Waals surface area (Å²) in [5.74, 6) is -0.104. The van der Waals surface area contributed by atoms with Crippen LogP contribution in [-0.2, 0) is 49.4 Å². The molecule has 4 aliphatic heterocycles. The van der Waals surface area contributed by atoms with Gasteiger partial charge in [-0.1, -0.05) is 34.6 Å². The molecular weight excluding hydrogens is 821 g/mol. The summed E-state index contributed by atoms with van der Waals surface area (Å²) in [6.45, 7) is 19.7. The molecule has 1 aromatic rings. The molecule has 12 aliphatic rings. The number of hydrogen-bond donors (Lipinski definition) is 4. The van der Waals surface area contributed by atoms with Gasteiger partial charge in [-0.25, -0.2) is 0 Å². The van der Waals surface area contributed by atoms with E-state index in [1.165, 1.54) is 0 Å². The standard InChI is InChI=1S/C54H78N2O9/c1-27-43-40(63-53(27)17-15-46(5,59)26-62-53)25-52(61)32-13-11-30-19-36-38(23-48(30,7)34(32)20-41(57)49(43,52)8)56-35-18-29-10-12-31-33(47(29,6)22-37(35)55-36)21-42(58)51(31)24-39-44(50(51,9)60)28(2)54(64-39)16-14-45(3,4)65-54/h27-34,39-41,43-44,57,59-61H,10-26H2,1-9H3/t27-,28-,29-,30-,31+,32+,33-,34-,39-,40-,41+,43-,44-,46-,47-,48-,49+,50-,51-,52+,53+,54+/m0/s1. The molecule has 358 valence electrons. The van der Waals surface area contributed by atoms with Crippen molar-refractivity contribution in [1.29, 1.82) is 0 Å². The molecule has 4 saturated heterocycles. The van der Waals surface area contributed by atoms with Crippen molar-refractivity contribution in [3.8, 4) is 0 Å². The quantitative estimate of drug-likeness (QED) is 0.216. The fourth-order valence-electron chi connectivity index (χ4n) is 20.5. The lowest BCUT2D eigenvalue weighted by Crippen LogP contribution is -2.68. The van der Waals surface area contributed by atoms with E-state index in [9.17, 15) is 25.2 Å². The summed E-state index contributed by atoms with van der Waals surface area (Å²) in [7, 11) is 0. The van der Waals surface area contributed by atoms with E-state index in [-0.39, 0.29) is 88.4 Å². The molecule has 0 aromatic carbocycles. The van der Waals surface area contributed by atoms with Gasteiger partial charge in [-0.05, 0) is 151 Å². The Bertz CT molecular complexity index is 2240. The number of carbonyl (C=O) groups excluding carboxylic acids is 1. The third kappa shape index (κ3) is 5.10. The van der Waals surface area contributed by atoms with Gasteiger partial charge in [-0.3, -0.25) is 14.8 Å². The highest BCUT2D eigenvalue weighted by atomic mass is 16.7. The number of nitrogens with zero attached hydrogens (tertiary/aromatic N) is 2. The van der Waals surface area contributed by atoms with Crippen molar-refractivity contribution < 1.29 is 44.2 Å². The summed E-state index contributed by atoms with van der Waals surface area (Å²) in [6.07, 6.45) is 11.5. The second-order valence-corrected chi connectivity index (χ2v) is 27.1. The Balaban J connectivity index is 0.757. The summed E-state index contributed by atoms with van der Waals surface area (Å²) < 4.78 is 26.8. The molecule has 22 atom stereocenters. The first-order chi connectivity index (χ1) is 30.4. The number of aromatic nitrogens is 2. The number of carbonyl (C=O) groups is 1. The van der Waals surface area contributed by atoms with E-state index in [0.29, 0.717) is 50.4 Å². The van der Waals surface area contributed by atoms with Crippen LogP contribution in [0, 0.1) is 80.8 Å². The summed E-state index contributed by atoms with van der Waals surface area (Å²) >= 11 is 0. The highest BCUT2D eigenvalue weighted by molar-refractivity contribution is 5.90. The van der Waals surface area contributed by atoms with Crippen molar-refractivity contribution in [2.24, 2.45) is 80.8 Å². The highest BCUT2D eigenvalue weighted by Crippen LogP contribution is 2.75. The van der Waals surface area contributed by atoms with Crippen molar-refractivity contribution in [3.05, 3.63) is 22.8 Å². The fourth-order valence-corrected chi connectivity index (χ4v) is 20.5. The van der Waals surface area contributed by atoms with Crippen LogP contribution in [0.25, 0.3) is 0 Å². The average Bonchev–Trinajstić information content (AvgIpc) is 3.99. The van der Waals surface area contributed by atoms with Crippen LogP contribution in [0.3, 0.4) is 0 Å². The second-order valence-electron chi connectivity index (χ2n) is 27.1. The van der Waals surface area contributed by atoms with Crippen LogP contribution in [0.5, 0.6) is 0 Å². The Morgan fingerprint density at radius 1 is 0.631 bits per heavy atom. The first-order valence-corrected chi connectivity index (χ1v) is 26.3. The molecular formula is C54H78N2O9. The zero-order valence-corrected chi connectivity index (χ0v) is 40.8. The Kier molecular flexibility index (Phi) is 8.59. The van der Waals surface area contributed by atoms with Gasteiger partial charge in [0.15, 0.2) is 11.6 Å². The largest absolute Gasteiger partial charge is 0.392 e. The smallest absolute Gasteiger partial charge is 0.172 e. The number of ketones is 1. The van der Waals surface area contributed by atoms with Crippen molar-refractivity contribution in [3.63, 3.8) is 0 Å². The fraction of sp³-hybridized carbons (Fsp3) is 0.907. The van der Waals surface area contributed by atoms with E-state index >= 15 is 0 Å². The van der Waals surface area contributed by atoms with Crippen molar-refractivity contribution in [2.45, 2.75) is 217 Å². The molecule has 13 rings (SSSR count). The lowest BCUT2D eigenvalue weighted by atomic mass is 9.42. The minimum absolute atomic E-state index is 0.00181. The minimum atomic E-state index is -1.17. The zero-order chi connectivity index (χ0) is 45.7. The van der Waals surface area contributed by atoms with Gasteiger partial charge in [0.2, 0.25) is 0 Å². The molecule has 11 heteroatoms. The van der Waals surface area contributed by atoms with E-state index in [1.54, 1.807) is 0 Å². The third-order valence-corrected chi connectivity index (χ3v) is 24.0. The van der Waals surface area contributed by atoms with E-state index < -0.39 is 45.3 Å². The van der Waals surface area contributed by atoms with Crippen molar-refractivity contribution in [1.82, 2.24) is 9.97 Å². The van der Waals surface area contributed by atoms with Gasteiger partial charge in [0.05, 0.1) is 75.5 Å². The number of rotatable bonds is 0. The van der Waals surface area contributed by atoms with Gasteiger partial charge in [-0.15, -0.1) is 0 Å². The van der Waals surface area contributed by atoms with Crippen molar-refractivity contribution >= 4 is 5.78 Å². The second kappa shape index (κ2) is 12.8. The lowest BCUT2D eigenvalue weighted by molar-refractivity contribution is -0.304. The van der Waals surface area contributed by atoms with Crippen LogP contribution in [-0.4, -0.2) is 95.1 Å².